The zero-order valence-corrected chi connectivity index (χ0v) is 9.80. The molecule has 1 fully saturated rings. The number of halogens is 4. The molecule has 7 heteroatoms. The van der Waals surface area contributed by atoms with Crippen LogP contribution >= 0.6 is 0 Å². The summed E-state index contributed by atoms with van der Waals surface area (Å²) in [6, 6.07) is 0. The van der Waals surface area contributed by atoms with Gasteiger partial charge in [-0.2, -0.15) is 0 Å². The first kappa shape index (κ1) is 15.7. The highest BCUT2D eigenvalue weighted by molar-refractivity contribution is 6.50. The molecule has 2 atom stereocenters. The lowest BCUT2D eigenvalue weighted by molar-refractivity contribution is -0.941. The SMILES string of the molecule is CCCC[N+]1(C)CCCC1O.F[B-](F)(F)F. The molecule has 0 amide bonds. The van der Waals surface area contributed by atoms with Crippen molar-refractivity contribution in [1.29, 1.82) is 0 Å². The normalized spacial score (nSPS) is 29.8. The molecule has 16 heavy (non-hydrogen) atoms. The van der Waals surface area contributed by atoms with E-state index in [4.69, 9.17) is 0 Å². The van der Waals surface area contributed by atoms with E-state index in [2.05, 4.69) is 14.0 Å². The Morgan fingerprint density at radius 2 is 1.81 bits per heavy atom. The molecule has 0 aromatic rings. The Balaban J connectivity index is 0.000000385. The summed E-state index contributed by atoms with van der Waals surface area (Å²) in [5.74, 6) is 0. The van der Waals surface area contributed by atoms with Crippen molar-refractivity contribution in [1.82, 2.24) is 0 Å². The molecule has 0 spiro atoms. The second-order valence-corrected chi connectivity index (χ2v) is 4.40. The topological polar surface area (TPSA) is 20.2 Å². The summed E-state index contributed by atoms with van der Waals surface area (Å²) in [6.45, 7) is 4.52. The quantitative estimate of drug-likeness (QED) is 0.460. The van der Waals surface area contributed by atoms with Crippen molar-refractivity contribution < 1.29 is 26.9 Å². The van der Waals surface area contributed by atoms with Gasteiger partial charge in [-0.25, -0.2) is 0 Å². The van der Waals surface area contributed by atoms with Crippen molar-refractivity contribution >= 4 is 7.25 Å². The molecule has 0 bridgehead atoms. The van der Waals surface area contributed by atoms with Gasteiger partial charge in [-0.3, -0.25) is 0 Å². The average molecular weight is 245 g/mol. The van der Waals surface area contributed by atoms with Gasteiger partial charge in [0, 0.05) is 12.8 Å². The highest BCUT2D eigenvalue weighted by Gasteiger charge is 2.35. The van der Waals surface area contributed by atoms with Crippen LogP contribution in [-0.4, -0.2) is 43.2 Å². The Morgan fingerprint density at radius 3 is 2.12 bits per heavy atom. The number of aliphatic hydroxyl groups is 1. The van der Waals surface area contributed by atoms with Gasteiger partial charge in [0.25, 0.3) is 0 Å². The van der Waals surface area contributed by atoms with E-state index < -0.39 is 7.25 Å². The summed E-state index contributed by atoms with van der Waals surface area (Å²) in [6.07, 6.45) is 4.59. The Bertz CT molecular complexity index is 196. The fourth-order valence-corrected chi connectivity index (χ4v) is 1.88. The Labute approximate surface area is 93.9 Å². The van der Waals surface area contributed by atoms with Crippen molar-refractivity contribution in [2.45, 2.75) is 38.8 Å². The van der Waals surface area contributed by atoms with E-state index in [-0.39, 0.29) is 6.23 Å². The lowest BCUT2D eigenvalue weighted by atomic mass is 10.3. The van der Waals surface area contributed by atoms with E-state index in [0.29, 0.717) is 0 Å². The van der Waals surface area contributed by atoms with Crippen LogP contribution in [0.3, 0.4) is 0 Å². The largest absolute Gasteiger partial charge is 0.673 e. The third-order valence-electron chi connectivity index (χ3n) is 2.87. The molecule has 1 heterocycles. The molecular formula is C9H20BF4NO. The highest BCUT2D eigenvalue weighted by Crippen LogP contribution is 2.23. The van der Waals surface area contributed by atoms with Gasteiger partial charge in [-0.05, 0) is 6.42 Å². The molecule has 1 rings (SSSR count). The molecule has 0 saturated carbocycles. The van der Waals surface area contributed by atoms with E-state index in [1.807, 2.05) is 0 Å². The molecule has 1 saturated heterocycles. The average Bonchev–Trinajstić information content (AvgIpc) is 2.42. The van der Waals surface area contributed by atoms with Gasteiger partial charge < -0.3 is 26.9 Å². The molecular weight excluding hydrogens is 225 g/mol. The number of hydrogen-bond donors (Lipinski definition) is 1. The molecule has 0 aromatic carbocycles. The Hall–Kier alpha value is -0.295. The fraction of sp³-hybridized carbons (Fsp3) is 1.00. The number of rotatable bonds is 3. The maximum Gasteiger partial charge on any atom is 0.673 e. The van der Waals surface area contributed by atoms with Gasteiger partial charge in [0.1, 0.15) is 0 Å². The predicted molar refractivity (Wildman–Crippen MR) is 56.3 cm³/mol. The molecule has 1 N–H and O–H groups in total. The first-order valence-corrected chi connectivity index (χ1v) is 5.58. The van der Waals surface area contributed by atoms with Crippen LogP contribution in [0, 0.1) is 0 Å². The van der Waals surface area contributed by atoms with E-state index >= 15 is 0 Å². The van der Waals surface area contributed by atoms with Gasteiger partial charge in [0.05, 0.1) is 20.1 Å². The summed E-state index contributed by atoms with van der Waals surface area (Å²) in [5, 5.41) is 9.65. The standard InChI is InChI=1S/C9H20NO.BF4/c1-3-4-7-10(2)8-5-6-9(10)11;2-1(3,4)5/h9,11H,3-8H2,1-2H3;/q+1;-1. The van der Waals surface area contributed by atoms with Gasteiger partial charge >= 0.3 is 7.25 Å². The van der Waals surface area contributed by atoms with Crippen molar-refractivity contribution in [2.24, 2.45) is 0 Å². The van der Waals surface area contributed by atoms with Crippen LogP contribution in [0.15, 0.2) is 0 Å². The third kappa shape index (κ3) is 7.06. The zero-order valence-electron chi connectivity index (χ0n) is 9.80. The molecule has 2 nitrogen and oxygen atoms in total. The number of hydrogen-bond acceptors (Lipinski definition) is 1. The molecule has 0 aromatic heterocycles. The maximum absolute atomic E-state index is 9.75. The van der Waals surface area contributed by atoms with Gasteiger partial charge in [0.2, 0.25) is 0 Å². The van der Waals surface area contributed by atoms with Crippen LogP contribution in [0.1, 0.15) is 32.6 Å². The molecule has 1 aliphatic heterocycles. The Kier molecular flexibility index (Phi) is 6.32. The fourth-order valence-electron chi connectivity index (χ4n) is 1.88. The second kappa shape index (κ2) is 6.44. The summed E-state index contributed by atoms with van der Waals surface area (Å²) >= 11 is 0. The van der Waals surface area contributed by atoms with Crippen LogP contribution in [0.25, 0.3) is 0 Å². The minimum Gasteiger partial charge on any atom is -0.418 e. The monoisotopic (exact) mass is 245 g/mol. The summed E-state index contributed by atoms with van der Waals surface area (Å²) in [7, 11) is -3.83. The highest BCUT2D eigenvalue weighted by atomic mass is 19.5. The second-order valence-electron chi connectivity index (χ2n) is 4.40. The first-order valence-electron chi connectivity index (χ1n) is 5.58. The van der Waals surface area contributed by atoms with Gasteiger partial charge in [0.15, 0.2) is 6.23 Å². The zero-order chi connectivity index (χ0) is 12.8. The molecule has 2 unspecified atom stereocenters. The summed E-state index contributed by atoms with van der Waals surface area (Å²) in [5.41, 5.74) is 0. The lowest BCUT2D eigenvalue weighted by Gasteiger charge is -2.32. The van der Waals surface area contributed by atoms with Crippen molar-refractivity contribution in [3.05, 3.63) is 0 Å². The third-order valence-corrected chi connectivity index (χ3v) is 2.87. The predicted octanol–water partition coefficient (Wildman–Crippen LogP) is 2.65. The van der Waals surface area contributed by atoms with Crippen molar-refractivity contribution in [2.75, 3.05) is 20.1 Å². The minimum atomic E-state index is -6.00. The van der Waals surface area contributed by atoms with E-state index in [9.17, 15) is 22.4 Å². The number of nitrogens with zero attached hydrogens (tertiary/aromatic N) is 1. The molecule has 0 aliphatic carbocycles. The van der Waals surface area contributed by atoms with E-state index in [0.717, 1.165) is 17.4 Å². The Morgan fingerprint density at radius 1 is 1.31 bits per heavy atom. The van der Waals surface area contributed by atoms with E-state index in [1.54, 1.807) is 0 Å². The minimum absolute atomic E-state index is 0.0819. The van der Waals surface area contributed by atoms with Crippen LogP contribution in [0.5, 0.6) is 0 Å². The smallest absolute Gasteiger partial charge is 0.418 e. The van der Waals surface area contributed by atoms with E-state index in [1.165, 1.54) is 25.8 Å². The van der Waals surface area contributed by atoms with Gasteiger partial charge in [-0.1, -0.05) is 13.3 Å². The first-order chi connectivity index (χ1) is 7.19. The number of likely N-dealkylation sites (tertiary alicyclic amines) is 1. The number of aliphatic hydroxyl groups excluding tert-OH is 1. The van der Waals surface area contributed by atoms with Crippen LogP contribution < -0.4 is 0 Å². The molecule has 1 aliphatic rings. The lowest BCUT2D eigenvalue weighted by Crippen LogP contribution is -2.48. The number of unbranched alkanes of at least 4 members (excludes halogenated alkanes) is 1. The summed E-state index contributed by atoms with van der Waals surface area (Å²) < 4.78 is 39.9. The molecule has 0 radical (unpaired) electrons. The van der Waals surface area contributed by atoms with Crippen LogP contribution in [0.2, 0.25) is 0 Å². The van der Waals surface area contributed by atoms with Gasteiger partial charge in [-0.15, -0.1) is 0 Å². The van der Waals surface area contributed by atoms with Crippen LogP contribution in [-0.2, 0) is 0 Å². The van der Waals surface area contributed by atoms with Crippen molar-refractivity contribution in [3.8, 4) is 0 Å². The van der Waals surface area contributed by atoms with Crippen molar-refractivity contribution in [3.63, 3.8) is 0 Å². The van der Waals surface area contributed by atoms with Crippen LogP contribution in [0.4, 0.5) is 17.3 Å². The summed E-state index contributed by atoms with van der Waals surface area (Å²) in [4.78, 5) is 0. The number of quaternary nitrogens is 1. The maximum atomic E-state index is 9.75. The molecule has 98 valence electrons.